The molecule has 2 amide bonds. The van der Waals surface area contributed by atoms with Crippen molar-refractivity contribution in [3.05, 3.63) is 30.1 Å². The Kier molecular flexibility index (Phi) is 6.80. The molecule has 1 saturated heterocycles. The topological polar surface area (TPSA) is 60.5 Å². The van der Waals surface area contributed by atoms with E-state index in [1.165, 1.54) is 0 Å². The van der Waals surface area contributed by atoms with E-state index in [1.807, 2.05) is 12.1 Å². The maximum Gasteiger partial charge on any atom is 0.315 e. The predicted molar refractivity (Wildman–Crippen MR) is 92.2 cm³/mol. The highest BCUT2D eigenvalue weighted by molar-refractivity contribution is 5.73. The number of hydrogen-bond donors (Lipinski definition) is 2. The number of piperazine rings is 1. The monoisotopic (exact) mass is 319 g/mol. The first-order valence-electron chi connectivity index (χ1n) is 8.39. The van der Waals surface area contributed by atoms with E-state index < -0.39 is 0 Å². The summed E-state index contributed by atoms with van der Waals surface area (Å²) in [5, 5.41) is 5.90. The van der Waals surface area contributed by atoms with E-state index in [-0.39, 0.29) is 6.03 Å². The third kappa shape index (κ3) is 5.80. The number of likely N-dealkylation sites (N-methyl/N-ethyl adjacent to an activating group) is 1. The van der Waals surface area contributed by atoms with Crippen LogP contribution >= 0.6 is 0 Å². The van der Waals surface area contributed by atoms with Crippen LogP contribution in [0.1, 0.15) is 19.4 Å². The Morgan fingerprint density at radius 2 is 2.00 bits per heavy atom. The average Bonchev–Trinajstić information content (AvgIpc) is 2.55. The molecule has 1 fully saturated rings. The van der Waals surface area contributed by atoms with Crippen molar-refractivity contribution in [1.82, 2.24) is 25.4 Å². The molecule has 0 spiro atoms. The largest absolute Gasteiger partial charge is 0.337 e. The normalized spacial score (nSPS) is 17.9. The summed E-state index contributed by atoms with van der Waals surface area (Å²) in [4.78, 5) is 20.9. The molecule has 0 aromatic carbocycles. The van der Waals surface area contributed by atoms with Gasteiger partial charge >= 0.3 is 6.03 Å². The molecule has 1 aliphatic heterocycles. The molecule has 6 nitrogen and oxygen atoms in total. The number of aromatic nitrogens is 1. The molecule has 1 atom stereocenters. The van der Waals surface area contributed by atoms with Crippen LogP contribution in [0, 0.1) is 5.92 Å². The fourth-order valence-electron chi connectivity index (χ4n) is 2.88. The molecule has 0 aliphatic carbocycles. The van der Waals surface area contributed by atoms with Gasteiger partial charge in [-0.3, -0.25) is 9.88 Å². The Hall–Kier alpha value is -1.66. The summed E-state index contributed by atoms with van der Waals surface area (Å²) < 4.78 is 0. The summed E-state index contributed by atoms with van der Waals surface area (Å²) in [5.41, 5.74) is 1.00. The van der Waals surface area contributed by atoms with Gasteiger partial charge in [0.05, 0.1) is 0 Å². The first kappa shape index (κ1) is 17.7. The third-order valence-corrected chi connectivity index (χ3v) is 4.42. The zero-order valence-electron chi connectivity index (χ0n) is 14.5. The molecule has 128 valence electrons. The number of nitrogens with zero attached hydrogens (tertiary/aromatic N) is 3. The lowest BCUT2D eigenvalue weighted by Gasteiger charge is -2.39. The van der Waals surface area contributed by atoms with E-state index in [1.54, 1.807) is 12.4 Å². The van der Waals surface area contributed by atoms with Gasteiger partial charge in [0.25, 0.3) is 0 Å². The molecule has 0 radical (unpaired) electrons. The minimum atomic E-state index is -0.117. The van der Waals surface area contributed by atoms with Crippen molar-refractivity contribution in [2.45, 2.75) is 26.4 Å². The van der Waals surface area contributed by atoms with Gasteiger partial charge in [0.2, 0.25) is 0 Å². The van der Waals surface area contributed by atoms with Crippen molar-refractivity contribution in [2.24, 2.45) is 5.92 Å². The molecule has 1 aromatic heterocycles. The molecule has 1 aliphatic rings. The summed E-state index contributed by atoms with van der Waals surface area (Å²) >= 11 is 0. The molecule has 2 N–H and O–H groups in total. The van der Waals surface area contributed by atoms with Gasteiger partial charge < -0.3 is 15.5 Å². The zero-order valence-corrected chi connectivity index (χ0v) is 14.5. The summed E-state index contributed by atoms with van der Waals surface area (Å²) in [5.74, 6) is 0.511. The van der Waals surface area contributed by atoms with Crippen LogP contribution in [-0.4, -0.2) is 66.6 Å². The maximum absolute atomic E-state index is 12.0. The number of carbonyl (C=O) groups excluding carboxylic acids is 1. The molecular weight excluding hydrogens is 290 g/mol. The van der Waals surface area contributed by atoms with E-state index in [0.717, 1.165) is 31.7 Å². The van der Waals surface area contributed by atoms with Crippen molar-refractivity contribution in [3.63, 3.8) is 0 Å². The number of carbonyl (C=O) groups is 1. The number of rotatable bonds is 6. The minimum Gasteiger partial charge on any atom is -0.337 e. The van der Waals surface area contributed by atoms with Gasteiger partial charge in [0, 0.05) is 57.7 Å². The van der Waals surface area contributed by atoms with Crippen LogP contribution in [-0.2, 0) is 6.54 Å². The highest BCUT2D eigenvalue weighted by Gasteiger charge is 2.25. The van der Waals surface area contributed by atoms with Gasteiger partial charge in [0.1, 0.15) is 0 Å². The predicted octanol–water partition coefficient (Wildman–Crippen LogP) is 1.15. The molecule has 2 heterocycles. The average molecular weight is 319 g/mol. The second-order valence-corrected chi connectivity index (χ2v) is 6.58. The van der Waals surface area contributed by atoms with Crippen LogP contribution in [0.5, 0.6) is 0 Å². The van der Waals surface area contributed by atoms with Gasteiger partial charge in [-0.2, -0.15) is 0 Å². The fraction of sp³-hybridized carbons (Fsp3) is 0.647. The quantitative estimate of drug-likeness (QED) is 0.826. The van der Waals surface area contributed by atoms with Crippen LogP contribution in [0.2, 0.25) is 0 Å². The number of hydrogen-bond acceptors (Lipinski definition) is 4. The lowest BCUT2D eigenvalue weighted by Crippen LogP contribution is -2.54. The second kappa shape index (κ2) is 8.84. The van der Waals surface area contributed by atoms with Crippen molar-refractivity contribution >= 4 is 6.03 Å². The standard InChI is InChI=1S/C17H29N5O/c1-14(2)16(22-9-7-21(3)8-10-22)13-20-17(23)19-12-15-5-4-6-18-11-15/h4-6,11,14,16H,7-10,12-13H2,1-3H3,(H2,19,20,23)/t16-/m0/s1. The third-order valence-electron chi connectivity index (χ3n) is 4.42. The lowest BCUT2D eigenvalue weighted by molar-refractivity contribution is 0.0887. The highest BCUT2D eigenvalue weighted by Crippen LogP contribution is 2.12. The number of amides is 2. The smallest absolute Gasteiger partial charge is 0.315 e. The Balaban J connectivity index is 1.76. The lowest BCUT2D eigenvalue weighted by atomic mass is 10.0. The van der Waals surface area contributed by atoms with E-state index >= 15 is 0 Å². The Morgan fingerprint density at radius 3 is 2.61 bits per heavy atom. The maximum atomic E-state index is 12.0. The SMILES string of the molecule is CC(C)[C@H](CNC(=O)NCc1cccnc1)N1CCN(C)CC1. The molecule has 1 aromatic rings. The summed E-state index contributed by atoms with van der Waals surface area (Å²) in [6, 6.07) is 4.09. The van der Waals surface area contributed by atoms with Gasteiger partial charge in [-0.05, 0) is 24.6 Å². The van der Waals surface area contributed by atoms with Crippen LogP contribution < -0.4 is 10.6 Å². The van der Waals surface area contributed by atoms with Crippen LogP contribution in [0.25, 0.3) is 0 Å². The number of urea groups is 1. The summed E-state index contributed by atoms with van der Waals surface area (Å²) in [6.45, 7) is 9.95. The van der Waals surface area contributed by atoms with Gasteiger partial charge in [-0.15, -0.1) is 0 Å². The molecule has 2 rings (SSSR count). The molecule has 23 heavy (non-hydrogen) atoms. The van der Waals surface area contributed by atoms with E-state index in [9.17, 15) is 4.79 Å². The van der Waals surface area contributed by atoms with E-state index in [2.05, 4.69) is 46.3 Å². The van der Waals surface area contributed by atoms with E-state index in [0.29, 0.717) is 25.0 Å². The fourth-order valence-corrected chi connectivity index (χ4v) is 2.88. The highest BCUT2D eigenvalue weighted by atomic mass is 16.2. The molecule has 0 unspecified atom stereocenters. The van der Waals surface area contributed by atoms with Gasteiger partial charge in [-0.25, -0.2) is 4.79 Å². The number of nitrogens with one attached hydrogen (secondary N) is 2. The Bertz CT molecular complexity index is 471. The first-order valence-corrected chi connectivity index (χ1v) is 8.39. The van der Waals surface area contributed by atoms with Crippen molar-refractivity contribution in [2.75, 3.05) is 39.8 Å². The summed E-state index contributed by atoms with van der Waals surface area (Å²) in [7, 11) is 2.16. The van der Waals surface area contributed by atoms with Crippen LogP contribution in [0.15, 0.2) is 24.5 Å². The zero-order chi connectivity index (χ0) is 16.7. The second-order valence-electron chi connectivity index (χ2n) is 6.58. The molecule has 6 heteroatoms. The van der Waals surface area contributed by atoms with Crippen molar-refractivity contribution < 1.29 is 4.79 Å². The Labute approximate surface area is 139 Å². The first-order chi connectivity index (χ1) is 11.1. The minimum absolute atomic E-state index is 0.117. The van der Waals surface area contributed by atoms with Crippen molar-refractivity contribution in [1.29, 1.82) is 0 Å². The van der Waals surface area contributed by atoms with Crippen molar-refractivity contribution in [3.8, 4) is 0 Å². The summed E-state index contributed by atoms with van der Waals surface area (Å²) in [6.07, 6.45) is 3.49. The van der Waals surface area contributed by atoms with E-state index in [4.69, 9.17) is 0 Å². The molecule has 0 bridgehead atoms. The molecule has 0 saturated carbocycles. The van der Waals surface area contributed by atoms with Gasteiger partial charge in [0.15, 0.2) is 0 Å². The number of pyridine rings is 1. The van der Waals surface area contributed by atoms with Gasteiger partial charge in [-0.1, -0.05) is 19.9 Å². The van der Waals surface area contributed by atoms with Crippen LogP contribution in [0.3, 0.4) is 0 Å². The molecular formula is C17H29N5O. The Morgan fingerprint density at radius 1 is 1.26 bits per heavy atom. The van der Waals surface area contributed by atoms with Crippen LogP contribution in [0.4, 0.5) is 4.79 Å².